The van der Waals surface area contributed by atoms with Crippen LogP contribution in [0.25, 0.3) is 0 Å². The Morgan fingerprint density at radius 1 is 1.19 bits per heavy atom. The van der Waals surface area contributed by atoms with Crippen LogP contribution in [0.2, 0.25) is 0 Å². The van der Waals surface area contributed by atoms with Crippen molar-refractivity contribution in [2.45, 2.75) is 44.3 Å². The average molecular weight is 503 g/mol. The van der Waals surface area contributed by atoms with Crippen LogP contribution in [0.5, 0.6) is 0 Å². The summed E-state index contributed by atoms with van der Waals surface area (Å²) in [7, 11) is -3.97. The number of fused-ring (bicyclic) bond motifs is 1. The van der Waals surface area contributed by atoms with E-state index in [0.29, 0.717) is 30.8 Å². The summed E-state index contributed by atoms with van der Waals surface area (Å²) >= 11 is 0. The summed E-state index contributed by atoms with van der Waals surface area (Å²) in [4.78, 5) is 9.61. The molecular formula is C26H26N6O3S. The topological polar surface area (TPSA) is 119 Å². The van der Waals surface area contributed by atoms with E-state index in [1.807, 2.05) is 42.6 Å². The molecule has 0 bridgehead atoms. The number of nitriles is 1. The molecule has 5 rings (SSSR count). The number of nitrogens with one attached hydrogen (secondary N) is 1. The molecule has 1 unspecified atom stereocenters. The predicted molar refractivity (Wildman–Crippen MR) is 133 cm³/mol. The maximum atomic E-state index is 14.2. The number of anilines is 1. The Labute approximate surface area is 210 Å². The van der Waals surface area contributed by atoms with Gasteiger partial charge in [-0.05, 0) is 49.6 Å². The lowest BCUT2D eigenvalue weighted by Gasteiger charge is -2.32. The van der Waals surface area contributed by atoms with E-state index in [9.17, 15) is 13.7 Å². The second-order valence-electron chi connectivity index (χ2n) is 8.94. The van der Waals surface area contributed by atoms with Crippen molar-refractivity contribution in [3.05, 3.63) is 94.9 Å². The van der Waals surface area contributed by atoms with E-state index in [4.69, 9.17) is 4.52 Å². The molecule has 0 aliphatic carbocycles. The van der Waals surface area contributed by atoms with Gasteiger partial charge in [-0.25, -0.2) is 13.4 Å². The molecule has 0 saturated carbocycles. The summed E-state index contributed by atoms with van der Waals surface area (Å²) in [6.45, 7) is 4.30. The van der Waals surface area contributed by atoms with Crippen LogP contribution in [0.1, 0.15) is 33.8 Å². The number of rotatable bonds is 6. The second-order valence-corrected chi connectivity index (χ2v) is 10.8. The van der Waals surface area contributed by atoms with Gasteiger partial charge in [0, 0.05) is 31.0 Å². The highest BCUT2D eigenvalue weighted by atomic mass is 32.2. The van der Waals surface area contributed by atoms with Crippen LogP contribution in [0.15, 0.2) is 70.5 Å². The highest BCUT2D eigenvalue weighted by Gasteiger charge is 2.39. The van der Waals surface area contributed by atoms with Gasteiger partial charge in [-0.3, -0.25) is 0 Å². The fraction of sp³-hybridized carbons (Fsp3) is 0.269. The molecule has 1 aliphatic rings. The largest absolute Gasteiger partial charge is 0.364 e. The Kier molecular flexibility index (Phi) is 6.35. The molecular weight excluding hydrogens is 476 g/mol. The third kappa shape index (κ3) is 4.51. The quantitative estimate of drug-likeness (QED) is 0.427. The van der Waals surface area contributed by atoms with Crippen LogP contribution in [-0.4, -0.2) is 40.4 Å². The number of H-pyrrole nitrogens is 1. The molecule has 3 heterocycles. The van der Waals surface area contributed by atoms with E-state index in [2.05, 4.69) is 26.1 Å². The number of nitrogens with zero attached hydrogens (tertiary/aromatic N) is 5. The summed E-state index contributed by atoms with van der Waals surface area (Å²) in [5.74, 6) is 0.259. The Morgan fingerprint density at radius 3 is 2.67 bits per heavy atom. The standard InChI is InChI=1S/C26H26N6O3S/c1-18-26(19(2)35-30-18)36(33,34)32-14-22-10-21(12-27)8-9-25(22)31(15-23-13-28-17-29-23)16-24(32)11-20-6-4-3-5-7-20/h3-10,13,17,24H,11,14-16H2,1-2H3,(H,28,29). The van der Waals surface area contributed by atoms with Gasteiger partial charge in [-0.1, -0.05) is 35.5 Å². The van der Waals surface area contributed by atoms with Crippen molar-refractivity contribution in [2.75, 3.05) is 11.4 Å². The summed E-state index contributed by atoms with van der Waals surface area (Å²) < 4.78 is 35.1. The van der Waals surface area contributed by atoms with E-state index in [0.717, 1.165) is 22.5 Å². The number of aromatic amines is 1. The first-order valence-corrected chi connectivity index (χ1v) is 13.0. The van der Waals surface area contributed by atoms with Crippen molar-refractivity contribution < 1.29 is 12.9 Å². The van der Waals surface area contributed by atoms with Gasteiger partial charge in [0.2, 0.25) is 10.0 Å². The zero-order valence-corrected chi connectivity index (χ0v) is 20.9. The van der Waals surface area contributed by atoms with Crippen LogP contribution in [0, 0.1) is 25.2 Å². The molecule has 1 N–H and O–H groups in total. The minimum Gasteiger partial charge on any atom is -0.364 e. The van der Waals surface area contributed by atoms with Crippen molar-refractivity contribution in [2.24, 2.45) is 0 Å². The number of aromatic nitrogens is 3. The van der Waals surface area contributed by atoms with Crippen molar-refractivity contribution in [3.63, 3.8) is 0 Å². The fourth-order valence-corrected chi connectivity index (χ4v) is 6.74. The van der Waals surface area contributed by atoms with Gasteiger partial charge in [-0.15, -0.1) is 0 Å². The first-order valence-electron chi connectivity index (χ1n) is 11.6. The second kappa shape index (κ2) is 9.60. The molecule has 184 valence electrons. The lowest BCUT2D eigenvalue weighted by Crippen LogP contribution is -2.45. The average Bonchev–Trinajstić information content (AvgIpc) is 3.47. The van der Waals surface area contributed by atoms with Crippen LogP contribution in [0.3, 0.4) is 0 Å². The molecule has 0 radical (unpaired) electrons. The number of aryl methyl sites for hydroxylation is 2. The van der Waals surface area contributed by atoms with Gasteiger partial charge in [0.05, 0.1) is 30.2 Å². The molecule has 2 aromatic carbocycles. The summed E-state index contributed by atoms with van der Waals surface area (Å²) in [5, 5.41) is 13.4. The third-order valence-corrected chi connectivity index (χ3v) is 8.61. The number of imidazole rings is 1. The molecule has 1 atom stereocenters. The highest BCUT2D eigenvalue weighted by Crippen LogP contribution is 2.35. The highest BCUT2D eigenvalue weighted by molar-refractivity contribution is 7.89. The molecule has 0 saturated heterocycles. The first kappa shape index (κ1) is 23.8. The molecule has 4 aromatic rings. The molecule has 2 aromatic heterocycles. The van der Waals surface area contributed by atoms with Gasteiger partial charge in [-0.2, -0.15) is 9.57 Å². The lowest BCUT2D eigenvalue weighted by molar-refractivity contribution is 0.317. The van der Waals surface area contributed by atoms with Gasteiger partial charge >= 0.3 is 0 Å². The zero-order chi connectivity index (χ0) is 25.3. The monoisotopic (exact) mass is 502 g/mol. The van der Waals surface area contributed by atoms with Crippen LogP contribution < -0.4 is 4.90 Å². The summed E-state index contributed by atoms with van der Waals surface area (Å²) in [6.07, 6.45) is 3.97. The van der Waals surface area contributed by atoms with Crippen LogP contribution in [0.4, 0.5) is 5.69 Å². The molecule has 10 heteroatoms. The van der Waals surface area contributed by atoms with Crippen molar-refractivity contribution in [3.8, 4) is 6.07 Å². The number of sulfonamides is 1. The van der Waals surface area contributed by atoms with Gasteiger partial charge in [0.15, 0.2) is 5.76 Å². The molecule has 36 heavy (non-hydrogen) atoms. The minimum absolute atomic E-state index is 0.0966. The van der Waals surface area contributed by atoms with Crippen LogP contribution in [-0.2, 0) is 29.5 Å². The smallest absolute Gasteiger partial charge is 0.249 e. The zero-order valence-electron chi connectivity index (χ0n) is 20.0. The first-order chi connectivity index (χ1) is 17.4. The number of hydrogen-bond donors (Lipinski definition) is 1. The number of hydrogen-bond acceptors (Lipinski definition) is 7. The van der Waals surface area contributed by atoms with E-state index in [1.54, 1.807) is 32.3 Å². The molecule has 0 fully saturated rings. The van der Waals surface area contributed by atoms with E-state index in [1.165, 1.54) is 4.31 Å². The van der Waals surface area contributed by atoms with Crippen molar-refractivity contribution >= 4 is 15.7 Å². The van der Waals surface area contributed by atoms with Gasteiger partial charge in [0.25, 0.3) is 0 Å². The molecule has 1 aliphatic heterocycles. The van der Waals surface area contributed by atoms with E-state index in [-0.39, 0.29) is 17.2 Å². The minimum atomic E-state index is -3.97. The molecule has 9 nitrogen and oxygen atoms in total. The molecule has 0 amide bonds. The lowest BCUT2D eigenvalue weighted by atomic mass is 10.1. The van der Waals surface area contributed by atoms with Gasteiger partial charge < -0.3 is 14.4 Å². The van der Waals surface area contributed by atoms with E-state index >= 15 is 0 Å². The fourth-order valence-electron chi connectivity index (χ4n) is 4.85. The number of benzene rings is 2. The maximum absolute atomic E-state index is 14.2. The van der Waals surface area contributed by atoms with Crippen LogP contribution >= 0.6 is 0 Å². The SMILES string of the molecule is Cc1noc(C)c1S(=O)(=O)N1Cc2cc(C#N)ccc2N(Cc2c[nH]cn2)CC1Cc1ccccc1. The summed E-state index contributed by atoms with van der Waals surface area (Å²) in [5.41, 5.74) is 4.32. The predicted octanol–water partition coefficient (Wildman–Crippen LogP) is 3.71. The van der Waals surface area contributed by atoms with E-state index < -0.39 is 16.1 Å². The maximum Gasteiger partial charge on any atom is 0.249 e. The van der Waals surface area contributed by atoms with Crippen molar-refractivity contribution in [1.82, 2.24) is 19.4 Å². The Bertz CT molecular complexity index is 1490. The third-order valence-electron chi connectivity index (χ3n) is 6.47. The Hall–Kier alpha value is -3.94. The van der Waals surface area contributed by atoms with Gasteiger partial charge in [0.1, 0.15) is 10.6 Å². The molecule has 0 spiro atoms. The van der Waals surface area contributed by atoms with Crippen molar-refractivity contribution in [1.29, 1.82) is 5.26 Å². The Morgan fingerprint density at radius 2 is 2.00 bits per heavy atom. The summed E-state index contributed by atoms with van der Waals surface area (Å²) in [6, 6.07) is 17.1. The normalized spacial score (nSPS) is 16.4. The Balaban J connectivity index is 1.65.